The molecule has 1 aliphatic rings. The first kappa shape index (κ1) is 20.7. The molecule has 3 amide bonds. The highest BCUT2D eigenvalue weighted by Gasteiger charge is 2.40. The Bertz CT molecular complexity index is 706. The lowest BCUT2D eigenvalue weighted by Gasteiger charge is -2.37. The SMILES string of the molecule is C=CC(=O)Nc1cccc(CC(=O)NC2(C(=O)NC(C)C)CCCCC2)c1. The van der Waals surface area contributed by atoms with Gasteiger partial charge in [0.05, 0.1) is 6.42 Å². The Hall–Kier alpha value is -2.63. The highest BCUT2D eigenvalue weighted by atomic mass is 16.2. The Morgan fingerprint density at radius 3 is 2.52 bits per heavy atom. The summed E-state index contributed by atoms with van der Waals surface area (Å²) in [6.45, 7) is 7.25. The molecule has 1 saturated carbocycles. The van der Waals surface area contributed by atoms with Crippen LogP contribution in [0.2, 0.25) is 0 Å². The third-order valence-electron chi connectivity index (χ3n) is 4.68. The van der Waals surface area contributed by atoms with Crippen LogP contribution >= 0.6 is 0 Å². The van der Waals surface area contributed by atoms with E-state index in [1.165, 1.54) is 6.08 Å². The summed E-state index contributed by atoms with van der Waals surface area (Å²) in [4.78, 5) is 36.8. The van der Waals surface area contributed by atoms with Gasteiger partial charge in [-0.2, -0.15) is 0 Å². The molecule has 0 aromatic heterocycles. The van der Waals surface area contributed by atoms with E-state index in [2.05, 4.69) is 22.5 Å². The van der Waals surface area contributed by atoms with E-state index in [0.717, 1.165) is 24.8 Å². The van der Waals surface area contributed by atoms with E-state index >= 15 is 0 Å². The zero-order valence-electron chi connectivity index (χ0n) is 16.1. The predicted molar refractivity (Wildman–Crippen MR) is 106 cm³/mol. The Morgan fingerprint density at radius 2 is 1.89 bits per heavy atom. The molecule has 146 valence electrons. The summed E-state index contributed by atoms with van der Waals surface area (Å²) in [6, 6.07) is 7.14. The number of hydrogen-bond donors (Lipinski definition) is 3. The van der Waals surface area contributed by atoms with Crippen LogP contribution in [-0.2, 0) is 20.8 Å². The van der Waals surface area contributed by atoms with Crippen molar-refractivity contribution in [3.8, 4) is 0 Å². The maximum Gasteiger partial charge on any atom is 0.247 e. The fourth-order valence-corrected chi connectivity index (χ4v) is 3.41. The lowest BCUT2D eigenvalue weighted by Crippen LogP contribution is -2.60. The molecular weight excluding hydrogens is 342 g/mol. The van der Waals surface area contributed by atoms with E-state index in [9.17, 15) is 14.4 Å². The van der Waals surface area contributed by atoms with Crippen molar-refractivity contribution in [2.24, 2.45) is 0 Å². The van der Waals surface area contributed by atoms with Gasteiger partial charge in [-0.3, -0.25) is 14.4 Å². The summed E-state index contributed by atoms with van der Waals surface area (Å²) in [5.41, 5.74) is 0.550. The van der Waals surface area contributed by atoms with Gasteiger partial charge in [-0.15, -0.1) is 0 Å². The van der Waals surface area contributed by atoms with Crippen molar-refractivity contribution < 1.29 is 14.4 Å². The third kappa shape index (κ3) is 5.94. The molecule has 1 aromatic carbocycles. The van der Waals surface area contributed by atoms with Gasteiger partial charge in [-0.1, -0.05) is 38.0 Å². The molecule has 1 aliphatic carbocycles. The number of carbonyl (C=O) groups is 3. The molecule has 0 saturated heterocycles. The van der Waals surface area contributed by atoms with Gasteiger partial charge in [0.1, 0.15) is 5.54 Å². The number of nitrogens with one attached hydrogen (secondary N) is 3. The average Bonchev–Trinajstić information content (AvgIpc) is 2.62. The van der Waals surface area contributed by atoms with Gasteiger partial charge >= 0.3 is 0 Å². The second-order valence-corrected chi connectivity index (χ2v) is 7.39. The summed E-state index contributed by atoms with van der Waals surface area (Å²) in [7, 11) is 0. The van der Waals surface area contributed by atoms with E-state index < -0.39 is 5.54 Å². The first-order valence-corrected chi connectivity index (χ1v) is 9.49. The topological polar surface area (TPSA) is 87.3 Å². The smallest absolute Gasteiger partial charge is 0.247 e. The van der Waals surface area contributed by atoms with Gasteiger partial charge in [0.2, 0.25) is 17.7 Å². The number of hydrogen-bond acceptors (Lipinski definition) is 3. The summed E-state index contributed by atoms with van der Waals surface area (Å²) in [5, 5.41) is 8.63. The summed E-state index contributed by atoms with van der Waals surface area (Å²) in [6.07, 6.45) is 5.59. The van der Waals surface area contributed by atoms with Crippen LogP contribution in [0.1, 0.15) is 51.5 Å². The molecular formula is C21H29N3O3. The monoisotopic (exact) mass is 371 g/mol. The van der Waals surface area contributed by atoms with Crippen molar-refractivity contribution in [2.45, 2.75) is 64.0 Å². The lowest BCUT2D eigenvalue weighted by molar-refractivity contribution is -0.135. The minimum atomic E-state index is -0.825. The van der Waals surface area contributed by atoms with Gasteiger partial charge in [-0.05, 0) is 50.5 Å². The van der Waals surface area contributed by atoms with Crippen molar-refractivity contribution in [1.29, 1.82) is 0 Å². The van der Waals surface area contributed by atoms with Gasteiger partial charge < -0.3 is 16.0 Å². The zero-order valence-corrected chi connectivity index (χ0v) is 16.1. The molecule has 0 unspecified atom stereocenters. The maximum atomic E-state index is 12.7. The Kier molecular flexibility index (Phi) is 7.16. The lowest BCUT2D eigenvalue weighted by atomic mass is 9.80. The van der Waals surface area contributed by atoms with Crippen molar-refractivity contribution in [1.82, 2.24) is 10.6 Å². The standard InChI is InChI=1S/C21H29N3O3/c1-4-18(25)23-17-10-8-9-16(13-17)14-19(26)24-21(11-6-5-7-12-21)20(27)22-15(2)3/h4,8-10,13,15H,1,5-7,11-12,14H2,2-3H3,(H,22,27)(H,23,25)(H,24,26). The molecule has 0 heterocycles. The number of amides is 3. The van der Waals surface area contributed by atoms with E-state index in [1.807, 2.05) is 19.9 Å². The number of benzene rings is 1. The molecule has 0 radical (unpaired) electrons. The van der Waals surface area contributed by atoms with Crippen molar-refractivity contribution >= 4 is 23.4 Å². The Morgan fingerprint density at radius 1 is 1.19 bits per heavy atom. The predicted octanol–water partition coefficient (Wildman–Crippen LogP) is 2.70. The Labute approximate surface area is 160 Å². The first-order valence-electron chi connectivity index (χ1n) is 9.49. The third-order valence-corrected chi connectivity index (χ3v) is 4.68. The minimum absolute atomic E-state index is 0.0263. The van der Waals surface area contributed by atoms with E-state index in [-0.39, 0.29) is 30.2 Å². The molecule has 1 fully saturated rings. The molecule has 0 aliphatic heterocycles. The number of rotatable bonds is 7. The molecule has 6 heteroatoms. The van der Waals surface area contributed by atoms with Gasteiger partial charge in [0, 0.05) is 11.7 Å². The number of anilines is 1. The molecule has 1 aromatic rings. The molecule has 27 heavy (non-hydrogen) atoms. The summed E-state index contributed by atoms with van der Waals surface area (Å²) >= 11 is 0. The van der Waals surface area contributed by atoms with Crippen molar-refractivity contribution in [3.05, 3.63) is 42.5 Å². The van der Waals surface area contributed by atoms with Crippen LogP contribution in [0, 0.1) is 0 Å². The Balaban J connectivity index is 2.07. The van der Waals surface area contributed by atoms with Crippen LogP contribution in [0.4, 0.5) is 5.69 Å². The van der Waals surface area contributed by atoms with Crippen LogP contribution in [0.25, 0.3) is 0 Å². The summed E-state index contributed by atoms with van der Waals surface area (Å²) in [5.74, 6) is -0.594. The minimum Gasteiger partial charge on any atom is -0.352 e. The molecule has 0 spiro atoms. The average molecular weight is 371 g/mol. The van der Waals surface area contributed by atoms with Crippen LogP contribution in [0.5, 0.6) is 0 Å². The van der Waals surface area contributed by atoms with Crippen molar-refractivity contribution in [3.63, 3.8) is 0 Å². The van der Waals surface area contributed by atoms with Crippen LogP contribution in [-0.4, -0.2) is 29.3 Å². The molecule has 0 bridgehead atoms. The highest BCUT2D eigenvalue weighted by molar-refractivity contribution is 5.99. The van der Waals surface area contributed by atoms with Gasteiger partial charge in [0.25, 0.3) is 0 Å². The van der Waals surface area contributed by atoms with Crippen molar-refractivity contribution in [2.75, 3.05) is 5.32 Å². The molecule has 3 N–H and O–H groups in total. The molecule has 0 atom stereocenters. The zero-order chi connectivity index (χ0) is 19.9. The highest BCUT2D eigenvalue weighted by Crippen LogP contribution is 2.29. The van der Waals surface area contributed by atoms with Crippen LogP contribution in [0.3, 0.4) is 0 Å². The molecule has 6 nitrogen and oxygen atoms in total. The first-order chi connectivity index (χ1) is 12.8. The summed E-state index contributed by atoms with van der Waals surface area (Å²) < 4.78 is 0. The fourth-order valence-electron chi connectivity index (χ4n) is 3.41. The van der Waals surface area contributed by atoms with E-state index in [4.69, 9.17) is 0 Å². The van der Waals surface area contributed by atoms with Crippen LogP contribution in [0.15, 0.2) is 36.9 Å². The van der Waals surface area contributed by atoms with E-state index in [1.54, 1.807) is 18.2 Å². The van der Waals surface area contributed by atoms with Gasteiger partial charge in [-0.25, -0.2) is 0 Å². The fraction of sp³-hybridized carbons (Fsp3) is 0.476. The quantitative estimate of drug-likeness (QED) is 0.644. The molecule has 2 rings (SSSR count). The second kappa shape index (κ2) is 9.35. The second-order valence-electron chi connectivity index (χ2n) is 7.39. The van der Waals surface area contributed by atoms with E-state index in [0.29, 0.717) is 18.5 Å². The van der Waals surface area contributed by atoms with Gasteiger partial charge in [0.15, 0.2) is 0 Å². The number of carbonyl (C=O) groups excluding carboxylic acids is 3. The van der Waals surface area contributed by atoms with Crippen LogP contribution < -0.4 is 16.0 Å². The maximum absolute atomic E-state index is 12.7. The largest absolute Gasteiger partial charge is 0.352 e. The normalized spacial score (nSPS) is 15.7.